The largest absolute Gasteiger partial charge is 0.490 e. The summed E-state index contributed by atoms with van der Waals surface area (Å²) in [4.78, 5) is 8.95. The van der Waals surface area contributed by atoms with Gasteiger partial charge >= 0.3 is 0 Å². The van der Waals surface area contributed by atoms with Crippen molar-refractivity contribution in [2.24, 2.45) is 7.05 Å². The van der Waals surface area contributed by atoms with Gasteiger partial charge in [-0.3, -0.25) is 4.68 Å². The highest BCUT2D eigenvalue weighted by Gasteiger charge is 2.10. The Kier molecular flexibility index (Phi) is 5.55. The van der Waals surface area contributed by atoms with Gasteiger partial charge in [0.25, 0.3) is 0 Å². The second kappa shape index (κ2) is 8.03. The number of ether oxygens (including phenoxy) is 2. The van der Waals surface area contributed by atoms with Gasteiger partial charge in [-0.2, -0.15) is 5.10 Å². The fourth-order valence-electron chi connectivity index (χ4n) is 2.84. The van der Waals surface area contributed by atoms with E-state index in [1.165, 1.54) is 5.56 Å². The molecule has 0 aliphatic heterocycles. The van der Waals surface area contributed by atoms with Crippen molar-refractivity contribution < 1.29 is 9.47 Å². The quantitative estimate of drug-likeness (QED) is 0.669. The summed E-state index contributed by atoms with van der Waals surface area (Å²) >= 11 is 0. The molecular formula is C19H25N5O2. The lowest BCUT2D eigenvalue weighted by molar-refractivity contribution is 0.287. The molecule has 0 unspecified atom stereocenters. The number of nitrogens with zero attached hydrogens (tertiary/aromatic N) is 4. The van der Waals surface area contributed by atoms with Crippen molar-refractivity contribution >= 4 is 16.9 Å². The van der Waals surface area contributed by atoms with Crippen molar-refractivity contribution in [1.29, 1.82) is 0 Å². The van der Waals surface area contributed by atoms with Crippen LogP contribution in [0.4, 0.5) is 5.82 Å². The van der Waals surface area contributed by atoms with Crippen LogP contribution in [0.2, 0.25) is 0 Å². The lowest BCUT2D eigenvalue weighted by atomic mass is 10.1. The van der Waals surface area contributed by atoms with Crippen molar-refractivity contribution in [3.8, 4) is 11.5 Å². The van der Waals surface area contributed by atoms with E-state index in [0.717, 1.165) is 47.1 Å². The van der Waals surface area contributed by atoms with Gasteiger partial charge in [0.15, 0.2) is 17.1 Å². The molecule has 1 aromatic carbocycles. The van der Waals surface area contributed by atoms with E-state index in [1.807, 2.05) is 40.0 Å². The summed E-state index contributed by atoms with van der Waals surface area (Å²) in [6, 6.07) is 6.08. The maximum Gasteiger partial charge on any atom is 0.163 e. The zero-order valence-corrected chi connectivity index (χ0v) is 15.7. The van der Waals surface area contributed by atoms with Crippen molar-refractivity contribution in [2.45, 2.75) is 27.2 Å². The highest BCUT2D eigenvalue weighted by Crippen LogP contribution is 2.29. The Morgan fingerprint density at radius 1 is 1.08 bits per heavy atom. The number of hydrogen-bond donors (Lipinski definition) is 1. The van der Waals surface area contributed by atoms with Crippen LogP contribution in [-0.4, -0.2) is 39.5 Å². The molecule has 0 radical (unpaired) electrons. The molecule has 0 aliphatic carbocycles. The number of hydrogen-bond acceptors (Lipinski definition) is 6. The van der Waals surface area contributed by atoms with Gasteiger partial charge in [-0.1, -0.05) is 6.07 Å². The molecule has 0 fully saturated rings. The number of fused-ring (bicyclic) bond motifs is 1. The molecule has 0 spiro atoms. The van der Waals surface area contributed by atoms with Crippen LogP contribution in [0.15, 0.2) is 24.4 Å². The van der Waals surface area contributed by atoms with Crippen LogP contribution in [0.25, 0.3) is 11.0 Å². The van der Waals surface area contributed by atoms with Crippen molar-refractivity contribution in [3.05, 3.63) is 35.8 Å². The normalized spacial score (nSPS) is 10.9. The Morgan fingerprint density at radius 2 is 1.85 bits per heavy atom. The van der Waals surface area contributed by atoms with E-state index in [9.17, 15) is 0 Å². The highest BCUT2D eigenvalue weighted by atomic mass is 16.5. The molecule has 1 N–H and O–H groups in total. The van der Waals surface area contributed by atoms with Crippen LogP contribution < -0.4 is 14.8 Å². The SMILES string of the molecule is CCOc1ccc(CCNc2nc(C)nc3c2cnn3C)cc1OCC. The standard InChI is InChI=1S/C19H25N5O2/c1-5-25-16-8-7-14(11-17(16)26-6-2)9-10-20-18-15-12-21-24(4)19(15)23-13(3)22-18/h7-8,11-12H,5-6,9-10H2,1-4H3,(H,20,22,23). The third kappa shape index (κ3) is 3.87. The molecule has 0 saturated heterocycles. The van der Waals surface area contributed by atoms with E-state index < -0.39 is 0 Å². The van der Waals surface area contributed by atoms with Crippen LogP contribution >= 0.6 is 0 Å². The summed E-state index contributed by atoms with van der Waals surface area (Å²) in [6.07, 6.45) is 2.64. The molecule has 0 amide bonds. The summed E-state index contributed by atoms with van der Waals surface area (Å²) in [7, 11) is 1.88. The Morgan fingerprint density at radius 3 is 2.62 bits per heavy atom. The smallest absolute Gasteiger partial charge is 0.163 e. The van der Waals surface area contributed by atoms with E-state index in [2.05, 4.69) is 26.4 Å². The summed E-state index contributed by atoms with van der Waals surface area (Å²) < 4.78 is 13.1. The van der Waals surface area contributed by atoms with E-state index in [1.54, 1.807) is 10.9 Å². The maximum atomic E-state index is 5.69. The van der Waals surface area contributed by atoms with Gasteiger partial charge in [-0.25, -0.2) is 9.97 Å². The zero-order valence-electron chi connectivity index (χ0n) is 15.7. The van der Waals surface area contributed by atoms with Crippen LogP contribution in [0.1, 0.15) is 25.2 Å². The fraction of sp³-hybridized carbons (Fsp3) is 0.421. The molecule has 7 heteroatoms. The molecule has 0 saturated carbocycles. The second-order valence-electron chi connectivity index (χ2n) is 5.95. The highest BCUT2D eigenvalue weighted by molar-refractivity contribution is 5.86. The van der Waals surface area contributed by atoms with Crippen LogP contribution in [0.3, 0.4) is 0 Å². The van der Waals surface area contributed by atoms with Gasteiger partial charge in [0.05, 0.1) is 24.8 Å². The van der Waals surface area contributed by atoms with Crippen molar-refractivity contribution in [2.75, 3.05) is 25.1 Å². The first-order chi connectivity index (χ1) is 12.6. The monoisotopic (exact) mass is 355 g/mol. The van der Waals surface area contributed by atoms with Gasteiger partial charge in [0.2, 0.25) is 0 Å². The van der Waals surface area contributed by atoms with Crippen LogP contribution in [-0.2, 0) is 13.5 Å². The number of anilines is 1. The molecule has 26 heavy (non-hydrogen) atoms. The summed E-state index contributed by atoms with van der Waals surface area (Å²) in [5.41, 5.74) is 2.01. The molecule has 2 heterocycles. The second-order valence-corrected chi connectivity index (χ2v) is 5.95. The number of benzene rings is 1. The minimum atomic E-state index is 0.612. The Labute approximate surface area is 153 Å². The Balaban J connectivity index is 1.71. The number of aryl methyl sites for hydroxylation is 2. The summed E-state index contributed by atoms with van der Waals surface area (Å²) in [6.45, 7) is 7.81. The van der Waals surface area contributed by atoms with Gasteiger partial charge in [0.1, 0.15) is 11.6 Å². The number of aromatic nitrogens is 4. The Hall–Kier alpha value is -2.83. The van der Waals surface area contributed by atoms with Crippen LogP contribution in [0, 0.1) is 6.92 Å². The average Bonchev–Trinajstić information content (AvgIpc) is 2.98. The third-order valence-corrected chi connectivity index (χ3v) is 4.02. The first-order valence-electron chi connectivity index (χ1n) is 8.91. The third-order valence-electron chi connectivity index (χ3n) is 4.02. The van der Waals surface area contributed by atoms with E-state index in [-0.39, 0.29) is 0 Å². The number of rotatable bonds is 8. The van der Waals surface area contributed by atoms with E-state index in [4.69, 9.17) is 9.47 Å². The van der Waals surface area contributed by atoms with E-state index >= 15 is 0 Å². The zero-order chi connectivity index (χ0) is 18.5. The lowest BCUT2D eigenvalue weighted by Gasteiger charge is -2.13. The fourth-order valence-corrected chi connectivity index (χ4v) is 2.84. The molecule has 138 valence electrons. The van der Waals surface area contributed by atoms with Gasteiger partial charge in [-0.15, -0.1) is 0 Å². The summed E-state index contributed by atoms with van der Waals surface area (Å²) in [5.74, 6) is 3.12. The predicted octanol–water partition coefficient (Wildman–Crippen LogP) is 3.12. The average molecular weight is 355 g/mol. The van der Waals surface area contributed by atoms with Gasteiger partial charge in [0, 0.05) is 13.6 Å². The first-order valence-corrected chi connectivity index (χ1v) is 8.91. The lowest BCUT2D eigenvalue weighted by Crippen LogP contribution is -2.08. The topological polar surface area (TPSA) is 74.1 Å². The molecule has 0 atom stereocenters. The first kappa shape index (κ1) is 18.0. The molecule has 3 aromatic rings. The molecule has 0 aliphatic rings. The maximum absolute atomic E-state index is 5.69. The van der Waals surface area contributed by atoms with Crippen molar-refractivity contribution in [3.63, 3.8) is 0 Å². The molecule has 7 nitrogen and oxygen atoms in total. The van der Waals surface area contributed by atoms with Crippen LogP contribution in [0.5, 0.6) is 11.5 Å². The van der Waals surface area contributed by atoms with E-state index in [0.29, 0.717) is 13.2 Å². The molecule has 0 bridgehead atoms. The minimum absolute atomic E-state index is 0.612. The van der Waals surface area contributed by atoms with Gasteiger partial charge in [-0.05, 0) is 44.9 Å². The van der Waals surface area contributed by atoms with Crippen molar-refractivity contribution in [1.82, 2.24) is 19.7 Å². The Bertz CT molecular complexity index is 891. The van der Waals surface area contributed by atoms with Gasteiger partial charge < -0.3 is 14.8 Å². The summed E-state index contributed by atoms with van der Waals surface area (Å²) in [5, 5.41) is 8.60. The minimum Gasteiger partial charge on any atom is -0.490 e. The number of nitrogens with one attached hydrogen (secondary N) is 1. The molecular weight excluding hydrogens is 330 g/mol. The molecule has 2 aromatic heterocycles. The molecule has 3 rings (SSSR count). The predicted molar refractivity (Wildman–Crippen MR) is 102 cm³/mol.